The van der Waals surface area contributed by atoms with Gasteiger partial charge in [0.1, 0.15) is 12.4 Å². The molecule has 12 heteroatoms. The van der Waals surface area contributed by atoms with E-state index >= 15 is 0 Å². The Morgan fingerprint density at radius 2 is 1.48 bits per heavy atom. The second-order valence-corrected chi connectivity index (χ2v) is 12.0. The summed E-state index contributed by atoms with van der Waals surface area (Å²) in [4.78, 5) is 51.4. The summed E-state index contributed by atoms with van der Waals surface area (Å²) in [5, 5.41) is 1.15. The number of benzene rings is 4. The maximum atomic E-state index is 14.0. The molecular weight excluding hydrogens is 677 g/mol. The minimum absolute atomic E-state index is 0. The monoisotopic (exact) mass is 721 g/mol. The van der Waals surface area contributed by atoms with Crippen LogP contribution in [-0.4, -0.2) is 85.9 Å². The highest BCUT2D eigenvalue weighted by molar-refractivity contribution is 6.17. The lowest BCUT2D eigenvalue weighted by Crippen LogP contribution is -2.47. The number of likely N-dealkylation sites (N-methyl/N-ethyl adjacent to an activating group) is 1. The van der Waals surface area contributed by atoms with Crippen LogP contribution in [0.5, 0.6) is 5.75 Å². The number of hydrogen-bond acceptors (Lipinski definition) is 8. The number of hydrogen-bond donors (Lipinski definition) is 2. The normalized spacial score (nSPS) is 12.8. The molecule has 0 unspecified atom stereocenters. The first-order valence-electron chi connectivity index (χ1n) is 16.1. The summed E-state index contributed by atoms with van der Waals surface area (Å²) in [5.74, 6) is -0.394. The van der Waals surface area contributed by atoms with Gasteiger partial charge in [0.25, 0.3) is 11.8 Å². The molecule has 1 aliphatic heterocycles. The number of ether oxygens (including phenoxy) is 1. The van der Waals surface area contributed by atoms with Crippen molar-refractivity contribution in [2.24, 2.45) is 5.73 Å². The SMILES string of the molecule is Cc1ccc(CON(C)C(=O)c2ccc(C(=O)c3ccccc3OCCCN)c(N)c2-c2ccccc2)c(C(=O)N2CCN(C)CC2)c1.Cl.Cl. The summed E-state index contributed by atoms with van der Waals surface area (Å²) in [7, 11) is 3.57. The largest absolute Gasteiger partial charge is 0.493 e. The average Bonchev–Trinajstić information content (AvgIpc) is 3.11. The Labute approximate surface area is 306 Å². The molecule has 1 fully saturated rings. The number of anilines is 1. The van der Waals surface area contributed by atoms with Gasteiger partial charge in [0.05, 0.1) is 23.4 Å². The van der Waals surface area contributed by atoms with E-state index < -0.39 is 5.91 Å². The fourth-order valence-electron chi connectivity index (χ4n) is 5.69. The molecule has 2 amide bonds. The van der Waals surface area contributed by atoms with Crippen molar-refractivity contribution in [1.29, 1.82) is 0 Å². The number of hydroxylamine groups is 2. The van der Waals surface area contributed by atoms with Crippen LogP contribution in [0.2, 0.25) is 0 Å². The molecule has 0 saturated carbocycles. The van der Waals surface area contributed by atoms with Gasteiger partial charge in [0, 0.05) is 49.9 Å². The summed E-state index contributed by atoms with van der Waals surface area (Å²) in [6.45, 7) is 5.72. The molecule has 0 atom stereocenters. The number of carbonyl (C=O) groups excluding carboxylic acids is 3. The first kappa shape index (κ1) is 40.0. The quantitative estimate of drug-likeness (QED) is 0.0833. The molecule has 5 rings (SSSR count). The highest BCUT2D eigenvalue weighted by Gasteiger charge is 2.27. The van der Waals surface area contributed by atoms with Gasteiger partial charge in [0.2, 0.25) is 0 Å². The molecule has 50 heavy (non-hydrogen) atoms. The number of ketones is 1. The second kappa shape index (κ2) is 18.5. The Morgan fingerprint density at radius 1 is 0.820 bits per heavy atom. The lowest BCUT2D eigenvalue weighted by atomic mass is 9.91. The van der Waals surface area contributed by atoms with Crippen molar-refractivity contribution in [3.63, 3.8) is 0 Å². The van der Waals surface area contributed by atoms with E-state index in [-0.39, 0.29) is 59.9 Å². The predicted octanol–water partition coefficient (Wildman–Crippen LogP) is 5.64. The fraction of sp³-hybridized carbons (Fsp3) is 0.289. The van der Waals surface area contributed by atoms with Gasteiger partial charge in [-0.3, -0.25) is 19.2 Å². The van der Waals surface area contributed by atoms with Crippen LogP contribution in [0.1, 0.15) is 54.2 Å². The zero-order chi connectivity index (χ0) is 34.2. The molecule has 0 aliphatic carbocycles. The third-order valence-corrected chi connectivity index (χ3v) is 8.51. The standard InChI is InChI=1S/C38H43N5O5.2ClH/c1-26-14-15-28(32(24-26)38(46)43-21-19-41(2)20-22-43)25-48-42(3)37(45)30-16-17-31(35(40)34(30)27-10-5-4-6-11-27)36(44)29-12-7-8-13-33(29)47-23-9-18-39;;/h4-8,10-17,24H,9,18-23,25,39-40H2,1-3H3;2*1H. The second-order valence-electron chi connectivity index (χ2n) is 12.0. The molecule has 266 valence electrons. The molecule has 0 spiro atoms. The van der Waals surface area contributed by atoms with Gasteiger partial charge >= 0.3 is 0 Å². The van der Waals surface area contributed by atoms with Crippen LogP contribution in [0.25, 0.3) is 11.1 Å². The minimum Gasteiger partial charge on any atom is -0.493 e. The molecule has 1 heterocycles. The van der Waals surface area contributed by atoms with E-state index in [1.54, 1.807) is 36.4 Å². The van der Waals surface area contributed by atoms with Gasteiger partial charge in [-0.15, -0.1) is 24.8 Å². The van der Waals surface area contributed by atoms with E-state index in [0.29, 0.717) is 66.2 Å². The molecule has 0 bridgehead atoms. The Hall–Kier alpha value is -4.45. The first-order chi connectivity index (χ1) is 23.2. The minimum atomic E-state index is -0.455. The lowest BCUT2D eigenvalue weighted by molar-refractivity contribution is -0.116. The number of nitrogens with two attached hydrogens (primary N) is 2. The molecule has 0 aromatic heterocycles. The van der Waals surface area contributed by atoms with Gasteiger partial charge in [-0.05, 0) is 68.4 Å². The highest BCUT2D eigenvalue weighted by atomic mass is 35.5. The van der Waals surface area contributed by atoms with E-state index in [9.17, 15) is 14.4 Å². The predicted molar refractivity (Wildman–Crippen MR) is 201 cm³/mol. The Morgan fingerprint density at radius 3 is 2.18 bits per heavy atom. The van der Waals surface area contributed by atoms with Crippen LogP contribution in [0, 0.1) is 6.92 Å². The Kier molecular flexibility index (Phi) is 14.8. The summed E-state index contributed by atoms with van der Waals surface area (Å²) in [6.07, 6.45) is 0.646. The fourth-order valence-corrected chi connectivity index (χ4v) is 5.69. The molecule has 1 aliphatic rings. The van der Waals surface area contributed by atoms with E-state index in [2.05, 4.69) is 4.90 Å². The van der Waals surface area contributed by atoms with E-state index in [1.165, 1.54) is 7.05 Å². The molecular formula is C38H45Cl2N5O5. The maximum absolute atomic E-state index is 14.0. The van der Waals surface area contributed by atoms with Crippen molar-refractivity contribution in [3.05, 3.63) is 118 Å². The van der Waals surface area contributed by atoms with Crippen molar-refractivity contribution in [2.75, 3.05) is 59.2 Å². The molecule has 0 radical (unpaired) electrons. The third kappa shape index (κ3) is 9.21. The summed E-state index contributed by atoms with van der Waals surface area (Å²) < 4.78 is 5.86. The number of para-hydroxylation sites is 1. The van der Waals surface area contributed by atoms with Crippen molar-refractivity contribution in [2.45, 2.75) is 20.0 Å². The van der Waals surface area contributed by atoms with Gasteiger partial charge in [-0.25, -0.2) is 5.06 Å². The molecule has 4 N–H and O–H groups in total. The highest BCUT2D eigenvalue weighted by Crippen LogP contribution is 2.35. The summed E-state index contributed by atoms with van der Waals surface area (Å²) >= 11 is 0. The molecule has 1 saturated heterocycles. The Bertz CT molecular complexity index is 1780. The number of carbonyl (C=O) groups is 3. The van der Waals surface area contributed by atoms with Crippen molar-refractivity contribution in [1.82, 2.24) is 14.9 Å². The van der Waals surface area contributed by atoms with Crippen molar-refractivity contribution in [3.8, 4) is 16.9 Å². The van der Waals surface area contributed by atoms with Gasteiger partial charge in [0.15, 0.2) is 5.78 Å². The lowest BCUT2D eigenvalue weighted by Gasteiger charge is -2.33. The number of amides is 2. The van der Waals surface area contributed by atoms with Crippen LogP contribution in [0.4, 0.5) is 5.69 Å². The molecule has 4 aromatic rings. The summed E-state index contributed by atoms with van der Waals surface area (Å²) in [6, 6.07) is 25.0. The Balaban J connectivity index is 0.00000338. The van der Waals surface area contributed by atoms with Crippen molar-refractivity contribution < 1.29 is 24.0 Å². The zero-order valence-corrected chi connectivity index (χ0v) is 30.2. The van der Waals surface area contributed by atoms with E-state index in [4.69, 9.17) is 21.0 Å². The topological polar surface area (TPSA) is 131 Å². The van der Waals surface area contributed by atoms with Gasteiger partial charge in [-0.2, -0.15) is 0 Å². The van der Waals surface area contributed by atoms with Crippen molar-refractivity contribution >= 4 is 48.1 Å². The maximum Gasteiger partial charge on any atom is 0.277 e. The van der Waals surface area contributed by atoms with E-state index in [0.717, 1.165) is 23.7 Å². The number of aryl methyl sites for hydroxylation is 1. The number of piperazine rings is 1. The van der Waals surface area contributed by atoms with Crippen LogP contribution >= 0.6 is 24.8 Å². The average molecular weight is 723 g/mol. The number of halogens is 2. The third-order valence-electron chi connectivity index (χ3n) is 8.51. The van der Waals surface area contributed by atoms with Crippen LogP contribution in [-0.2, 0) is 11.4 Å². The smallest absolute Gasteiger partial charge is 0.277 e. The number of rotatable bonds is 12. The van der Waals surface area contributed by atoms with E-state index in [1.807, 2.05) is 67.4 Å². The molecule has 10 nitrogen and oxygen atoms in total. The van der Waals surface area contributed by atoms with Gasteiger partial charge in [-0.1, -0.05) is 60.2 Å². The first-order valence-corrected chi connectivity index (χ1v) is 16.1. The van der Waals surface area contributed by atoms with Crippen LogP contribution in [0.3, 0.4) is 0 Å². The summed E-state index contributed by atoms with van der Waals surface area (Å²) in [5.41, 5.74) is 16.7. The van der Waals surface area contributed by atoms with Gasteiger partial charge < -0.3 is 26.0 Å². The molecule has 4 aromatic carbocycles. The number of nitrogen functional groups attached to an aromatic ring is 1. The van der Waals surface area contributed by atoms with Crippen LogP contribution in [0.15, 0.2) is 84.9 Å². The number of nitrogens with zero attached hydrogens (tertiary/aromatic N) is 3. The van der Waals surface area contributed by atoms with Crippen LogP contribution < -0.4 is 16.2 Å². The zero-order valence-electron chi connectivity index (χ0n) is 28.6.